The molecule has 1 N–H and O–H groups in total. The molecule has 1 heterocycles. The molecule has 0 bridgehead atoms. The van der Waals surface area contributed by atoms with Gasteiger partial charge in [0.15, 0.2) is 0 Å². The fraction of sp³-hybridized carbons (Fsp3) is 0.500. The summed E-state index contributed by atoms with van der Waals surface area (Å²) in [5.74, 6) is 0. The van der Waals surface area contributed by atoms with Gasteiger partial charge in [-0.3, -0.25) is 5.32 Å². The molecular formula is C10H13N5S. The van der Waals surface area contributed by atoms with Gasteiger partial charge in [0.25, 0.3) is 0 Å². The van der Waals surface area contributed by atoms with Crippen molar-refractivity contribution in [2.45, 2.75) is 19.9 Å². The molecule has 1 atom stereocenters. The number of nitrogens with one attached hydrogen (secondary N) is 1. The molecule has 16 heavy (non-hydrogen) atoms. The van der Waals surface area contributed by atoms with E-state index in [1.807, 2.05) is 19.9 Å². The first-order valence-corrected chi connectivity index (χ1v) is 5.71. The highest BCUT2D eigenvalue weighted by Gasteiger charge is 2.14. The third kappa shape index (κ3) is 3.24. The Morgan fingerprint density at radius 1 is 1.69 bits per heavy atom. The number of hydrogen-bond acceptors (Lipinski definition) is 4. The van der Waals surface area contributed by atoms with Gasteiger partial charge in [0.2, 0.25) is 0 Å². The first kappa shape index (κ1) is 12.5. The topological polar surface area (TPSA) is 84.6 Å². The zero-order valence-corrected chi connectivity index (χ0v) is 10.1. The van der Waals surface area contributed by atoms with Crippen molar-refractivity contribution in [1.29, 1.82) is 5.26 Å². The molecule has 0 spiro atoms. The summed E-state index contributed by atoms with van der Waals surface area (Å²) in [6, 6.07) is 3.91. The quantitative estimate of drug-likeness (QED) is 0.368. The van der Waals surface area contributed by atoms with Crippen LogP contribution in [-0.2, 0) is 0 Å². The molecule has 0 saturated carbocycles. The summed E-state index contributed by atoms with van der Waals surface area (Å²) in [7, 11) is 0. The zero-order chi connectivity index (χ0) is 12.0. The molecule has 1 rings (SSSR count). The summed E-state index contributed by atoms with van der Waals surface area (Å²) in [6.07, 6.45) is 0. The summed E-state index contributed by atoms with van der Waals surface area (Å²) >= 11 is 1.68. The van der Waals surface area contributed by atoms with Crippen LogP contribution in [0.2, 0.25) is 0 Å². The van der Waals surface area contributed by atoms with Gasteiger partial charge in [0.05, 0.1) is 6.07 Å². The minimum atomic E-state index is -0.321. The number of hydrogen-bond donors (Lipinski definition) is 1. The minimum Gasteiger partial charge on any atom is -0.298 e. The Balaban J connectivity index is 2.65. The van der Waals surface area contributed by atoms with Crippen LogP contribution in [0.25, 0.3) is 10.4 Å². The van der Waals surface area contributed by atoms with Crippen molar-refractivity contribution in [3.05, 3.63) is 31.8 Å². The lowest BCUT2D eigenvalue weighted by atomic mass is 10.1. The highest BCUT2D eigenvalue weighted by atomic mass is 32.1. The van der Waals surface area contributed by atoms with E-state index in [0.717, 1.165) is 10.4 Å². The Kier molecular flexibility index (Phi) is 4.80. The van der Waals surface area contributed by atoms with E-state index in [-0.39, 0.29) is 6.04 Å². The molecule has 1 aromatic heterocycles. The standard InChI is InChI=1S/C10H13N5S/c1-7-5-9(8(2)16-7)10(6-11)13-3-4-14-15-12/h5,10,13H,3-4H2,1-2H3. The fourth-order valence-electron chi connectivity index (χ4n) is 1.47. The molecule has 0 radical (unpaired) electrons. The summed E-state index contributed by atoms with van der Waals surface area (Å²) in [6.45, 7) is 4.90. The van der Waals surface area contributed by atoms with E-state index >= 15 is 0 Å². The molecule has 0 aliphatic rings. The van der Waals surface area contributed by atoms with Gasteiger partial charge in [0, 0.05) is 27.8 Å². The van der Waals surface area contributed by atoms with Crippen molar-refractivity contribution >= 4 is 11.3 Å². The largest absolute Gasteiger partial charge is 0.298 e. The predicted octanol–water partition coefficient (Wildman–Crippen LogP) is 2.83. The molecule has 0 aliphatic carbocycles. The lowest BCUT2D eigenvalue weighted by molar-refractivity contribution is 0.634. The van der Waals surface area contributed by atoms with Crippen LogP contribution in [0.1, 0.15) is 21.4 Å². The number of thiophene rings is 1. The second kappa shape index (κ2) is 6.13. The van der Waals surface area contributed by atoms with Crippen LogP contribution in [0.15, 0.2) is 11.2 Å². The third-order valence-corrected chi connectivity index (χ3v) is 3.12. The van der Waals surface area contributed by atoms with E-state index in [0.29, 0.717) is 13.1 Å². The smallest absolute Gasteiger partial charge is 0.122 e. The van der Waals surface area contributed by atoms with Crippen molar-refractivity contribution in [3.63, 3.8) is 0 Å². The van der Waals surface area contributed by atoms with E-state index in [1.165, 1.54) is 4.88 Å². The highest BCUT2D eigenvalue weighted by Crippen LogP contribution is 2.25. The predicted molar refractivity (Wildman–Crippen MR) is 64.2 cm³/mol. The minimum absolute atomic E-state index is 0.321. The van der Waals surface area contributed by atoms with Gasteiger partial charge >= 0.3 is 0 Å². The van der Waals surface area contributed by atoms with E-state index in [9.17, 15) is 0 Å². The first-order chi connectivity index (χ1) is 7.69. The number of rotatable bonds is 5. The van der Waals surface area contributed by atoms with Crippen LogP contribution in [0.3, 0.4) is 0 Å². The van der Waals surface area contributed by atoms with Gasteiger partial charge in [0.1, 0.15) is 6.04 Å². The Labute approximate surface area is 98.3 Å². The fourth-order valence-corrected chi connectivity index (χ4v) is 2.43. The molecule has 0 aliphatic heterocycles. The van der Waals surface area contributed by atoms with E-state index in [4.69, 9.17) is 10.8 Å². The highest BCUT2D eigenvalue weighted by molar-refractivity contribution is 7.12. The molecule has 84 valence electrons. The van der Waals surface area contributed by atoms with Gasteiger partial charge in [-0.1, -0.05) is 5.11 Å². The molecule has 6 heteroatoms. The number of azide groups is 1. The third-order valence-electron chi connectivity index (χ3n) is 2.14. The zero-order valence-electron chi connectivity index (χ0n) is 9.27. The molecule has 0 fully saturated rings. The van der Waals surface area contributed by atoms with Crippen molar-refractivity contribution in [3.8, 4) is 6.07 Å². The summed E-state index contributed by atoms with van der Waals surface area (Å²) in [5, 5.41) is 15.5. The van der Waals surface area contributed by atoms with E-state index in [2.05, 4.69) is 21.4 Å². The van der Waals surface area contributed by atoms with Crippen molar-refractivity contribution in [2.24, 2.45) is 5.11 Å². The van der Waals surface area contributed by atoms with Crippen LogP contribution in [0.5, 0.6) is 0 Å². The van der Waals surface area contributed by atoms with Gasteiger partial charge in [-0.15, -0.1) is 11.3 Å². The first-order valence-electron chi connectivity index (χ1n) is 4.90. The van der Waals surface area contributed by atoms with Crippen LogP contribution in [0, 0.1) is 25.2 Å². The lowest BCUT2D eigenvalue weighted by Crippen LogP contribution is -2.22. The second-order valence-corrected chi connectivity index (χ2v) is 4.80. The van der Waals surface area contributed by atoms with Gasteiger partial charge in [-0.2, -0.15) is 5.26 Å². The Bertz CT molecular complexity index is 439. The SMILES string of the molecule is Cc1cc(C(C#N)NCCN=[N+]=[N-])c(C)s1. The van der Waals surface area contributed by atoms with Crippen LogP contribution >= 0.6 is 11.3 Å². The van der Waals surface area contributed by atoms with E-state index < -0.39 is 0 Å². The maximum atomic E-state index is 9.06. The number of aryl methyl sites for hydroxylation is 2. The summed E-state index contributed by atoms with van der Waals surface area (Å²) in [4.78, 5) is 5.01. The monoisotopic (exact) mass is 235 g/mol. The molecule has 0 aromatic carbocycles. The van der Waals surface area contributed by atoms with Crippen LogP contribution in [0.4, 0.5) is 0 Å². The Morgan fingerprint density at radius 2 is 2.44 bits per heavy atom. The molecule has 1 aromatic rings. The Hall–Kier alpha value is -1.54. The van der Waals surface area contributed by atoms with Crippen molar-refractivity contribution in [1.82, 2.24) is 5.32 Å². The second-order valence-electron chi connectivity index (χ2n) is 3.34. The summed E-state index contributed by atoms with van der Waals surface area (Å²) < 4.78 is 0. The summed E-state index contributed by atoms with van der Waals surface area (Å²) in [5.41, 5.74) is 9.14. The van der Waals surface area contributed by atoms with Crippen LogP contribution < -0.4 is 5.32 Å². The number of nitrogens with zero attached hydrogens (tertiary/aromatic N) is 4. The maximum absolute atomic E-state index is 9.06. The molecule has 1 unspecified atom stereocenters. The lowest BCUT2D eigenvalue weighted by Gasteiger charge is -2.09. The molecule has 5 nitrogen and oxygen atoms in total. The van der Waals surface area contributed by atoms with Crippen molar-refractivity contribution < 1.29 is 0 Å². The Morgan fingerprint density at radius 3 is 2.94 bits per heavy atom. The number of nitriles is 1. The van der Waals surface area contributed by atoms with E-state index in [1.54, 1.807) is 11.3 Å². The van der Waals surface area contributed by atoms with Gasteiger partial charge in [-0.25, -0.2) is 0 Å². The van der Waals surface area contributed by atoms with Crippen molar-refractivity contribution in [2.75, 3.05) is 13.1 Å². The average Bonchev–Trinajstić information content (AvgIpc) is 2.58. The molecule has 0 saturated heterocycles. The maximum Gasteiger partial charge on any atom is 0.122 e. The molecular weight excluding hydrogens is 222 g/mol. The molecule has 0 amide bonds. The average molecular weight is 235 g/mol. The van der Waals surface area contributed by atoms with Gasteiger partial charge < -0.3 is 0 Å². The van der Waals surface area contributed by atoms with Gasteiger partial charge in [-0.05, 0) is 31.0 Å². The van der Waals surface area contributed by atoms with Crippen LogP contribution in [-0.4, -0.2) is 13.1 Å². The normalized spacial score (nSPS) is 11.6.